The molecule has 0 aliphatic carbocycles. The summed E-state index contributed by atoms with van der Waals surface area (Å²) in [5.41, 5.74) is 4.18. The lowest BCUT2D eigenvalue weighted by atomic mass is 10.2. The van der Waals surface area contributed by atoms with Gasteiger partial charge in [0.15, 0.2) is 6.29 Å². The third-order valence-corrected chi connectivity index (χ3v) is 5.01. The zero-order valence-electron chi connectivity index (χ0n) is 14.8. The van der Waals surface area contributed by atoms with Crippen LogP contribution in [-0.2, 0) is 13.6 Å². The number of hydrogen-bond acceptors (Lipinski definition) is 3. The Morgan fingerprint density at radius 1 is 1.33 bits per heavy atom. The van der Waals surface area contributed by atoms with Crippen molar-refractivity contribution in [3.63, 3.8) is 0 Å². The Morgan fingerprint density at radius 3 is 2.50 bits per heavy atom. The maximum atomic E-state index is 11.1. The topological polar surface area (TPSA) is 28.5 Å². The molecule has 0 bridgehead atoms. The van der Waals surface area contributed by atoms with Crippen LogP contribution in [0.15, 0.2) is 41.6 Å². The first-order valence-corrected chi connectivity index (χ1v) is 8.62. The van der Waals surface area contributed by atoms with Crippen molar-refractivity contribution in [1.82, 2.24) is 14.4 Å². The summed E-state index contributed by atoms with van der Waals surface area (Å²) in [4.78, 5) is 15.8. The first kappa shape index (κ1) is 18.6. The van der Waals surface area contributed by atoms with Gasteiger partial charge in [-0.3, -0.25) is 9.69 Å². The van der Waals surface area contributed by atoms with Crippen molar-refractivity contribution in [1.29, 1.82) is 0 Å². The molecule has 1 fully saturated rings. The average Bonchev–Trinajstić information content (AvgIpc) is 2.85. The van der Waals surface area contributed by atoms with Crippen LogP contribution in [0.2, 0.25) is 0 Å². The number of aromatic nitrogens is 1. The normalized spacial score (nSPS) is 17.2. The van der Waals surface area contributed by atoms with Crippen LogP contribution >= 0.6 is 11.6 Å². The third-order valence-electron chi connectivity index (χ3n) is 4.69. The van der Waals surface area contributed by atoms with Gasteiger partial charge < -0.3 is 9.47 Å². The molecule has 1 aromatic rings. The molecule has 0 aromatic carbocycles. The molecule has 1 saturated heterocycles. The molecule has 0 amide bonds. The summed E-state index contributed by atoms with van der Waals surface area (Å²) in [7, 11) is 1.94. The Labute approximate surface area is 149 Å². The Hall–Kier alpha value is -1.78. The SMILES string of the molecule is C=C/C=C(Cl)\C(=C/C)N1CCN(Cc2cc(C=O)n(C)c2C)CC1. The summed E-state index contributed by atoms with van der Waals surface area (Å²) in [6.45, 7) is 12.5. The van der Waals surface area contributed by atoms with Crippen LogP contribution < -0.4 is 0 Å². The molecular weight excluding hydrogens is 322 g/mol. The van der Waals surface area contributed by atoms with Gasteiger partial charge in [0.25, 0.3) is 0 Å². The molecule has 0 atom stereocenters. The maximum absolute atomic E-state index is 11.1. The van der Waals surface area contributed by atoms with E-state index >= 15 is 0 Å². The van der Waals surface area contributed by atoms with E-state index in [1.165, 1.54) is 5.56 Å². The second-order valence-corrected chi connectivity index (χ2v) is 6.45. The molecule has 0 saturated carbocycles. The fourth-order valence-corrected chi connectivity index (χ4v) is 3.43. The van der Waals surface area contributed by atoms with E-state index in [-0.39, 0.29) is 0 Å². The zero-order chi connectivity index (χ0) is 17.7. The lowest BCUT2D eigenvalue weighted by molar-refractivity contribution is 0.111. The van der Waals surface area contributed by atoms with Crippen LogP contribution in [-0.4, -0.2) is 46.8 Å². The van der Waals surface area contributed by atoms with E-state index in [1.54, 1.807) is 6.08 Å². The van der Waals surface area contributed by atoms with E-state index in [9.17, 15) is 4.79 Å². The van der Waals surface area contributed by atoms with Crippen LogP contribution in [0.25, 0.3) is 0 Å². The van der Waals surface area contributed by atoms with E-state index in [4.69, 9.17) is 11.6 Å². The summed E-state index contributed by atoms with van der Waals surface area (Å²) in [5, 5.41) is 0.732. The van der Waals surface area contributed by atoms with E-state index in [2.05, 4.69) is 29.4 Å². The van der Waals surface area contributed by atoms with Gasteiger partial charge in [-0.25, -0.2) is 0 Å². The minimum absolute atomic E-state index is 0.732. The van der Waals surface area contributed by atoms with Gasteiger partial charge in [0.05, 0.1) is 16.4 Å². The second-order valence-electron chi connectivity index (χ2n) is 6.04. The molecule has 0 unspecified atom stereocenters. The molecule has 0 radical (unpaired) electrons. The van der Waals surface area contributed by atoms with Gasteiger partial charge in [-0.05, 0) is 31.6 Å². The Kier molecular flexibility index (Phi) is 6.46. The molecule has 130 valence electrons. The average molecular weight is 348 g/mol. The summed E-state index contributed by atoms with van der Waals surface area (Å²) >= 11 is 6.33. The Bertz CT molecular complexity index is 664. The van der Waals surface area contributed by atoms with Crippen LogP contribution in [0.4, 0.5) is 0 Å². The van der Waals surface area contributed by atoms with Crippen LogP contribution in [0.5, 0.6) is 0 Å². The second kappa shape index (κ2) is 8.36. The lowest BCUT2D eigenvalue weighted by Crippen LogP contribution is -2.45. The van der Waals surface area contributed by atoms with Crippen molar-refractivity contribution >= 4 is 17.9 Å². The number of nitrogens with zero attached hydrogens (tertiary/aromatic N) is 3. The van der Waals surface area contributed by atoms with Crippen molar-refractivity contribution in [2.75, 3.05) is 26.2 Å². The Morgan fingerprint density at radius 2 is 2.00 bits per heavy atom. The number of carbonyl (C=O) groups is 1. The highest BCUT2D eigenvalue weighted by Crippen LogP contribution is 2.22. The molecule has 5 heteroatoms. The largest absolute Gasteiger partial charge is 0.368 e. The molecule has 0 N–H and O–H groups in total. The number of allylic oxidation sites excluding steroid dienone is 4. The Balaban J connectivity index is 1.99. The van der Waals surface area contributed by atoms with Gasteiger partial charge in [-0.15, -0.1) is 0 Å². The predicted molar refractivity (Wildman–Crippen MR) is 100 cm³/mol. The molecular formula is C19H26ClN3O. The number of aldehydes is 1. The highest BCUT2D eigenvalue weighted by Gasteiger charge is 2.21. The van der Waals surface area contributed by atoms with Crippen molar-refractivity contribution in [3.05, 3.63) is 58.6 Å². The van der Waals surface area contributed by atoms with E-state index in [0.717, 1.165) is 61.1 Å². The molecule has 0 spiro atoms. The van der Waals surface area contributed by atoms with Gasteiger partial charge in [-0.2, -0.15) is 0 Å². The van der Waals surface area contributed by atoms with Crippen LogP contribution in [0, 0.1) is 6.92 Å². The van der Waals surface area contributed by atoms with Crippen LogP contribution in [0.3, 0.4) is 0 Å². The first-order valence-electron chi connectivity index (χ1n) is 8.24. The van der Waals surface area contributed by atoms with E-state index in [0.29, 0.717) is 0 Å². The van der Waals surface area contributed by atoms with Crippen molar-refractivity contribution in [2.45, 2.75) is 20.4 Å². The third kappa shape index (κ3) is 4.00. The van der Waals surface area contributed by atoms with Crippen LogP contribution in [0.1, 0.15) is 28.7 Å². The lowest BCUT2D eigenvalue weighted by Gasteiger charge is -2.37. The molecule has 1 aliphatic heterocycles. The number of hydrogen-bond donors (Lipinski definition) is 0. The highest BCUT2D eigenvalue weighted by atomic mass is 35.5. The predicted octanol–water partition coefficient (Wildman–Crippen LogP) is 3.48. The summed E-state index contributed by atoms with van der Waals surface area (Å²) in [6, 6.07) is 2.00. The summed E-state index contributed by atoms with van der Waals surface area (Å²) in [5.74, 6) is 0. The van der Waals surface area contributed by atoms with Crippen molar-refractivity contribution in [2.24, 2.45) is 7.05 Å². The molecule has 1 aliphatic rings. The van der Waals surface area contributed by atoms with Gasteiger partial charge in [-0.1, -0.05) is 30.3 Å². The molecule has 1 aromatic heterocycles. The summed E-state index contributed by atoms with van der Waals surface area (Å²) in [6.07, 6.45) is 6.51. The smallest absolute Gasteiger partial charge is 0.166 e. The highest BCUT2D eigenvalue weighted by molar-refractivity contribution is 6.32. The molecule has 2 rings (SSSR count). The van der Waals surface area contributed by atoms with Crippen molar-refractivity contribution in [3.8, 4) is 0 Å². The quantitative estimate of drug-likeness (QED) is 0.582. The van der Waals surface area contributed by atoms with Gasteiger partial charge in [0.1, 0.15) is 0 Å². The zero-order valence-corrected chi connectivity index (χ0v) is 15.5. The number of halogens is 1. The minimum atomic E-state index is 0.732. The number of carbonyl (C=O) groups excluding carboxylic acids is 1. The molecule has 2 heterocycles. The maximum Gasteiger partial charge on any atom is 0.166 e. The summed E-state index contributed by atoms with van der Waals surface area (Å²) < 4.78 is 1.95. The number of piperazine rings is 1. The first-order chi connectivity index (χ1) is 11.5. The monoisotopic (exact) mass is 347 g/mol. The fourth-order valence-electron chi connectivity index (χ4n) is 3.11. The van der Waals surface area contributed by atoms with Gasteiger partial charge in [0.2, 0.25) is 0 Å². The van der Waals surface area contributed by atoms with Gasteiger partial charge >= 0.3 is 0 Å². The minimum Gasteiger partial charge on any atom is -0.368 e. The molecule has 4 nitrogen and oxygen atoms in total. The molecule has 24 heavy (non-hydrogen) atoms. The van der Waals surface area contributed by atoms with Crippen molar-refractivity contribution < 1.29 is 4.79 Å². The van der Waals surface area contributed by atoms with E-state index in [1.807, 2.05) is 30.7 Å². The fraction of sp³-hybridized carbons (Fsp3) is 0.421. The van der Waals surface area contributed by atoms with E-state index < -0.39 is 0 Å². The standard InChI is InChI=1S/C19H26ClN3O/c1-5-7-18(20)19(6-2)23-10-8-22(9-11-23)13-16-12-17(14-24)21(4)15(16)3/h5-7,12,14H,1,8-11,13H2,2-4H3/b18-7+,19-6+. The van der Waals surface area contributed by atoms with Gasteiger partial charge in [0, 0.05) is 45.5 Å². The number of rotatable bonds is 6.